The highest BCUT2D eigenvalue weighted by Crippen LogP contribution is 2.31. The first-order valence-corrected chi connectivity index (χ1v) is 9.00. The summed E-state index contributed by atoms with van der Waals surface area (Å²) in [5.41, 5.74) is 1.41. The second-order valence-electron chi connectivity index (χ2n) is 5.55. The summed E-state index contributed by atoms with van der Waals surface area (Å²) in [4.78, 5) is 10.5. The van der Waals surface area contributed by atoms with E-state index < -0.39 is 20.8 Å². The van der Waals surface area contributed by atoms with Crippen LogP contribution in [0.4, 0.5) is 15.8 Å². The average Bonchev–Trinajstić information content (AvgIpc) is 2.97. The van der Waals surface area contributed by atoms with Gasteiger partial charge in [-0.05, 0) is 30.5 Å². The Morgan fingerprint density at radius 2 is 1.96 bits per heavy atom. The number of nitrogens with zero attached hydrogens (tertiary/aromatic N) is 2. The molecular formula is C16H15FN2O4S. The molecule has 1 aliphatic rings. The number of benzene rings is 2. The van der Waals surface area contributed by atoms with E-state index in [2.05, 4.69) is 0 Å². The molecule has 0 bridgehead atoms. The Kier molecular flexibility index (Phi) is 4.23. The number of nitro groups is 1. The molecular weight excluding hydrogens is 335 g/mol. The van der Waals surface area contributed by atoms with Crippen molar-refractivity contribution in [2.24, 2.45) is 0 Å². The molecule has 2 aromatic rings. The number of aryl methyl sites for hydroxylation is 1. The molecule has 126 valence electrons. The molecule has 0 spiro atoms. The van der Waals surface area contributed by atoms with E-state index in [4.69, 9.17) is 0 Å². The number of hydrogen-bond donors (Lipinski definition) is 0. The van der Waals surface area contributed by atoms with Crippen molar-refractivity contribution in [3.05, 3.63) is 69.5 Å². The van der Waals surface area contributed by atoms with E-state index in [0.717, 1.165) is 5.56 Å². The molecule has 0 radical (unpaired) electrons. The van der Waals surface area contributed by atoms with Crippen LogP contribution in [0.5, 0.6) is 0 Å². The van der Waals surface area contributed by atoms with Gasteiger partial charge in [-0.25, -0.2) is 12.8 Å². The summed E-state index contributed by atoms with van der Waals surface area (Å²) in [5.74, 6) is -0.761. The zero-order chi connectivity index (χ0) is 17.3. The Bertz CT molecular complexity index is 899. The molecule has 0 aromatic heterocycles. The summed E-state index contributed by atoms with van der Waals surface area (Å²) in [6.45, 7) is 0.262. The van der Waals surface area contributed by atoms with Crippen LogP contribution in [-0.4, -0.2) is 25.6 Å². The Morgan fingerprint density at radius 3 is 2.71 bits per heavy atom. The van der Waals surface area contributed by atoms with Crippen LogP contribution in [0.1, 0.15) is 11.1 Å². The summed E-state index contributed by atoms with van der Waals surface area (Å²) in [7, 11) is -3.69. The number of para-hydroxylation sites is 1. The van der Waals surface area contributed by atoms with Crippen molar-refractivity contribution in [1.29, 1.82) is 0 Å². The van der Waals surface area contributed by atoms with Gasteiger partial charge in [-0.1, -0.05) is 24.3 Å². The first-order valence-electron chi connectivity index (χ1n) is 7.39. The molecule has 3 rings (SSSR count). The Labute approximate surface area is 138 Å². The number of halogens is 1. The van der Waals surface area contributed by atoms with E-state index in [-0.39, 0.29) is 24.4 Å². The van der Waals surface area contributed by atoms with E-state index >= 15 is 0 Å². The maximum Gasteiger partial charge on any atom is 0.272 e. The van der Waals surface area contributed by atoms with Gasteiger partial charge in [-0.3, -0.25) is 14.4 Å². The quantitative estimate of drug-likeness (QED) is 0.613. The van der Waals surface area contributed by atoms with Gasteiger partial charge in [0.15, 0.2) is 0 Å². The first-order chi connectivity index (χ1) is 11.4. The van der Waals surface area contributed by atoms with Crippen LogP contribution in [0.15, 0.2) is 42.5 Å². The highest BCUT2D eigenvalue weighted by Gasteiger charge is 2.30. The predicted molar refractivity (Wildman–Crippen MR) is 88.0 cm³/mol. The van der Waals surface area contributed by atoms with Gasteiger partial charge in [0.1, 0.15) is 5.82 Å². The van der Waals surface area contributed by atoms with Crippen LogP contribution in [-0.2, 0) is 22.9 Å². The molecule has 0 amide bonds. The Morgan fingerprint density at radius 1 is 1.21 bits per heavy atom. The van der Waals surface area contributed by atoms with E-state index in [9.17, 15) is 22.9 Å². The van der Waals surface area contributed by atoms with E-state index in [1.807, 2.05) is 0 Å². The molecule has 0 unspecified atom stereocenters. The van der Waals surface area contributed by atoms with Gasteiger partial charge in [0, 0.05) is 18.2 Å². The average molecular weight is 350 g/mol. The molecule has 0 atom stereocenters. The maximum absolute atomic E-state index is 13.4. The van der Waals surface area contributed by atoms with Gasteiger partial charge in [-0.2, -0.15) is 0 Å². The Hall–Kier alpha value is -2.48. The van der Waals surface area contributed by atoms with Gasteiger partial charge >= 0.3 is 0 Å². The minimum absolute atomic E-state index is 0.0284. The van der Waals surface area contributed by atoms with Crippen LogP contribution in [0.3, 0.4) is 0 Å². The molecule has 0 saturated carbocycles. The van der Waals surface area contributed by atoms with Crippen LogP contribution in [0.2, 0.25) is 0 Å². The number of sulfonamides is 1. The third-order valence-corrected chi connectivity index (χ3v) is 5.82. The van der Waals surface area contributed by atoms with Crippen molar-refractivity contribution in [1.82, 2.24) is 0 Å². The van der Waals surface area contributed by atoms with Gasteiger partial charge < -0.3 is 0 Å². The largest absolute Gasteiger partial charge is 0.272 e. The summed E-state index contributed by atoms with van der Waals surface area (Å²) in [6, 6.07) is 10.2. The van der Waals surface area contributed by atoms with E-state index in [1.165, 1.54) is 28.6 Å². The van der Waals surface area contributed by atoms with Gasteiger partial charge in [0.2, 0.25) is 10.0 Å². The lowest BCUT2D eigenvalue weighted by atomic mass is 10.1. The topological polar surface area (TPSA) is 80.5 Å². The minimum Gasteiger partial charge on any atom is -0.270 e. The molecule has 1 heterocycles. The molecule has 6 nitrogen and oxygen atoms in total. The predicted octanol–water partition coefficient (Wildman–Crippen LogP) is 2.67. The maximum atomic E-state index is 13.4. The van der Waals surface area contributed by atoms with Crippen molar-refractivity contribution < 1.29 is 17.7 Å². The van der Waals surface area contributed by atoms with Crippen LogP contribution in [0, 0.1) is 15.9 Å². The fraction of sp³-hybridized carbons (Fsp3) is 0.250. The van der Waals surface area contributed by atoms with E-state index in [1.54, 1.807) is 18.2 Å². The third kappa shape index (κ3) is 3.09. The lowest BCUT2D eigenvalue weighted by Crippen LogP contribution is -2.32. The van der Waals surface area contributed by atoms with Gasteiger partial charge in [0.05, 0.1) is 16.4 Å². The van der Waals surface area contributed by atoms with Crippen LogP contribution in [0.25, 0.3) is 0 Å². The fourth-order valence-electron chi connectivity index (χ4n) is 2.86. The molecule has 2 aromatic carbocycles. The fourth-order valence-corrected chi connectivity index (χ4v) is 4.40. The lowest BCUT2D eigenvalue weighted by molar-refractivity contribution is -0.385. The molecule has 0 fully saturated rings. The molecule has 24 heavy (non-hydrogen) atoms. The van der Waals surface area contributed by atoms with Crippen molar-refractivity contribution in [3.8, 4) is 0 Å². The monoisotopic (exact) mass is 350 g/mol. The van der Waals surface area contributed by atoms with Crippen LogP contribution >= 0.6 is 0 Å². The van der Waals surface area contributed by atoms with Gasteiger partial charge in [0.25, 0.3) is 5.69 Å². The summed E-state index contributed by atoms with van der Waals surface area (Å²) in [5, 5.41) is 11.0. The highest BCUT2D eigenvalue weighted by molar-refractivity contribution is 7.92. The van der Waals surface area contributed by atoms with Crippen molar-refractivity contribution in [2.45, 2.75) is 12.8 Å². The normalized spacial score (nSPS) is 13.8. The van der Waals surface area contributed by atoms with Crippen molar-refractivity contribution in [2.75, 3.05) is 16.6 Å². The lowest BCUT2D eigenvalue weighted by Gasteiger charge is -2.19. The number of rotatable bonds is 5. The molecule has 1 aliphatic heterocycles. The van der Waals surface area contributed by atoms with Gasteiger partial charge in [-0.15, -0.1) is 0 Å². The second-order valence-corrected chi connectivity index (χ2v) is 7.56. The smallest absolute Gasteiger partial charge is 0.270 e. The second kappa shape index (κ2) is 6.20. The van der Waals surface area contributed by atoms with Crippen LogP contribution < -0.4 is 4.31 Å². The summed E-state index contributed by atoms with van der Waals surface area (Å²) < 4.78 is 39.8. The van der Waals surface area contributed by atoms with E-state index in [0.29, 0.717) is 17.7 Å². The number of anilines is 1. The highest BCUT2D eigenvalue weighted by atomic mass is 32.2. The number of fused-ring (bicyclic) bond motifs is 1. The van der Waals surface area contributed by atoms with Crippen molar-refractivity contribution in [3.63, 3.8) is 0 Å². The third-order valence-electron chi connectivity index (χ3n) is 4.05. The SMILES string of the molecule is O=[N+]([O-])c1ccccc1CCS(=O)(=O)N1CCc2ccc(F)cc21. The zero-order valence-corrected chi connectivity index (χ0v) is 13.5. The first kappa shape index (κ1) is 16.4. The summed E-state index contributed by atoms with van der Waals surface area (Å²) in [6.07, 6.45) is 0.557. The minimum atomic E-state index is -3.69. The van der Waals surface area contributed by atoms with Crippen molar-refractivity contribution >= 4 is 21.4 Å². The zero-order valence-electron chi connectivity index (χ0n) is 12.7. The number of nitro benzene ring substituents is 1. The molecule has 0 saturated heterocycles. The molecule has 8 heteroatoms. The summed E-state index contributed by atoms with van der Waals surface area (Å²) >= 11 is 0. The Balaban J connectivity index is 1.82. The number of hydrogen-bond acceptors (Lipinski definition) is 4. The molecule has 0 aliphatic carbocycles. The standard InChI is InChI=1S/C16H15FN2O4S/c17-14-6-5-13-7-9-18(16(13)11-14)24(22,23)10-8-12-3-1-2-4-15(12)19(20)21/h1-6,11H,7-10H2. The molecule has 0 N–H and O–H groups in total.